The van der Waals surface area contributed by atoms with Gasteiger partial charge in [0, 0.05) is 17.6 Å². The lowest BCUT2D eigenvalue weighted by Gasteiger charge is -2.24. The van der Waals surface area contributed by atoms with Crippen molar-refractivity contribution in [2.24, 2.45) is 5.92 Å². The first kappa shape index (κ1) is 17.9. The van der Waals surface area contributed by atoms with E-state index in [1.807, 2.05) is 20.8 Å². The number of hydrogen-bond donors (Lipinski definition) is 2. The zero-order valence-electron chi connectivity index (χ0n) is 13.8. The number of halogens is 2. The summed E-state index contributed by atoms with van der Waals surface area (Å²) in [5.41, 5.74) is -0.0623. The molecule has 1 aliphatic carbocycles. The fraction of sp³-hybridized carbons (Fsp3) is 0.588. The quantitative estimate of drug-likeness (QED) is 0.841. The maximum atomic E-state index is 13.9. The summed E-state index contributed by atoms with van der Waals surface area (Å²) in [5, 5.41) is 6.41. The standard InChI is InChI=1S/C17H24ClFN2O2/c1-17(2,3)23-16(22)20-10-11-5-4-6-14(11)21-15-8-7-12(18)9-13(15)19/h7-9,11,14,21H,4-6,10H2,1-3H3,(H,20,22). The van der Waals surface area contributed by atoms with Gasteiger partial charge in [-0.25, -0.2) is 9.18 Å². The van der Waals surface area contributed by atoms with Crippen LogP contribution in [0.5, 0.6) is 0 Å². The normalized spacial score (nSPS) is 21.1. The minimum absolute atomic E-state index is 0.126. The highest BCUT2D eigenvalue weighted by atomic mass is 35.5. The summed E-state index contributed by atoms with van der Waals surface area (Å²) in [6.07, 6.45) is 2.57. The lowest BCUT2D eigenvalue weighted by atomic mass is 10.0. The van der Waals surface area contributed by atoms with Crippen LogP contribution in [0.3, 0.4) is 0 Å². The molecular weight excluding hydrogens is 319 g/mol. The number of anilines is 1. The summed E-state index contributed by atoms with van der Waals surface area (Å²) >= 11 is 5.77. The van der Waals surface area contributed by atoms with E-state index < -0.39 is 11.7 Å². The monoisotopic (exact) mass is 342 g/mol. The Kier molecular flexibility index (Phi) is 5.74. The fourth-order valence-electron chi connectivity index (χ4n) is 2.81. The first-order valence-electron chi connectivity index (χ1n) is 7.93. The van der Waals surface area contributed by atoms with Gasteiger partial charge in [-0.15, -0.1) is 0 Å². The zero-order chi connectivity index (χ0) is 17.0. The first-order valence-corrected chi connectivity index (χ1v) is 8.31. The van der Waals surface area contributed by atoms with Crippen LogP contribution in [0.2, 0.25) is 5.02 Å². The van der Waals surface area contributed by atoms with E-state index in [9.17, 15) is 9.18 Å². The topological polar surface area (TPSA) is 50.4 Å². The number of hydrogen-bond acceptors (Lipinski definition) is 3. The van der Waals surface area contributed by atoms with E-state index in [2.05, 4.69) is 10.6 Å². The molecule has 0 bridgehead atoms. The third-order valence-electron chi connectivity index (χ3n) is 3.84. The Morgan fingerprint density at radius 3 is 2.78 bits per heavy atom. The molecule has 0 aromatic heterocycles. The van der Waals surface area contributed by atoms with Gasteiger partial charge in [0.2, 0.25) is 0 Å². The number of benzene rings is 1. The molecule has 0 aliphatic heterocycles. The molecule has 6 heteroatoms. The molecule has 0 spiro atoms. The van der Waals surface area contributed by atoms with Crippen molar-refractivity contribution in [1.29, 1.82) is 0 Å². The van der Waals surface area contributed by atoms with E-state index in [1.165, 1.54) is 6.07 Å². The van der Waals surface area contributed by atoms with Crippen LogP contribution in [0.25, 0.3) is 0 Å². The summed E-state index contributed by atoms with van der Waals surface area (Å²) in [5.74, 6) is -0.110. The van der Waals surface area contributed by atoms with Crippen LogP contribution in [-0.4, -0.2) is 24.3 Å². The highest BCUT2D eigenvalue weighted by Gasteiger charge is 2.28. The number of alkyl carbamates (subject to hydrolysis) is 1. The lowest BCUT2D eigenvalue weighted by molar-refractivity contribution is 0.0519. The summed E-state index contributed by atoms with van der Waals surface area (Å²) in [6, 6.07) is 4.73. The number of rotatable bonds is 4. The van der Waals surface area contributed by atoms with Crippen LogP contribution >= 0.6 is 11.6 Å². The number of carbonyl (C=O) groups excluding carboxylic acids is 1. The second-order valence-corrected chi connectivity index (χ2v) is 7.39. The second-order valence-electron chi connectivity index (χ2n) is 6.95. The molecule has 1 aromatic carbocycles. The SMILES string of the molecule is CC(C)(C)OC(=O)NCC1CCCC1Nc1ccc(Cl)cc1F. The number of carbonyl (C=O) groups is 1. The van der Waals surface area contributed by atoms with Crippen LogP contribution in [0, 0.1) is 11.7 Å². The summed E-state index contributed by atoms with van der Waals surface area (Å²) in [6.45, 7) is 6.00. The van der Waals surface area contributed by atoms with Gasteiger partial charge in [0.15, 0.2) is 0 Å². The average molecular weight is 343 g/mol. The third kappa shape index (κ3) is 5.57. The van der Waals surface area contributed by atoms with Gasteiger partial charge in [-0.3, -0.25) is 0 Å². The predicted molar refractivity (Wildman–Crippen MR) is 90.4 cm³/mol. The van der Waals surface area contributed by atoms with E-state index in [4.69, 9.17) is 16.3 Å². The summed E-state index contributed by atoms with van der Waals surface area (Å²) in [4.78, 5) is 11.7. The van der Waals surface area contributed by atoms with Crippen LogP contribution in [-0.2, 0) is 4.74 Å². The molecule has 1 saturated carbocycles. The Bertz CT molecular complexity index is 560. The highest BCUT2D eigenvalue weighted by molar-refractivity contribution is 6.30. The minimum atomic E-state index is -0.510. The molecule has 0 heterocycles. The zero-order valence-corrected chi connectivity index (χ0v) is 14.5. The van der Waals surface area contributed by atoms with Crippen molar-refractivity contribution in [2.45, 2.75) is 51.7 Å². The van der Waals surface area contributed by atoms with E-state index in [0.29, 0.717) is 17.3 Å². The molecule has 4 nitrogen and oxygen atoms in total. The van der Waals surface area contributed by atoms with Crippen molar-refractivity contribution in [2.75, 3.05) is 11.9 Å². The maximum absolute atomic E-state index is 13.9. The molecule has 2 rings (SSSR count). The maximum Gasteiger partial charge on any atom is 0.407 e. The molecule has 1 aromatic rings. The van der Waals surface area contributed by atoms with Gasteiger partial charge in [0.05, 0.1) is 5.69 Å². The third-order valence-corrected chi connectivity index (χ3v) is 4.07. The second kappa shape index (κ2) is 7.39. The van der Waals surface area contributed by atoms with Crippen LogP contribution in [0.4, 0.5) is 14.9 Å². The van der Waals surface area contributed by atoms with Crippen molar-refractivity contribution in [3.05, 3.63) is 29.0 Å². The minimum Gasteiger partial charge on any atom is -0.444 e. The van der Waals surface area contributed by atoms with Crippen molar-refractivity contribution in [3.8, 4) is 0 Å². The molecule has 2 atom stereocenters. The largest absolute Gasteiger partial charge is 0.444 e. The van der Waals surface area contributed by atoms with Crippen molar-refractivity contribution >= 4 is 23.4 Å². The Balaban J connectivity index is 1.89. The van der Waals surface area contributed by atoms with Gasteiger partial charge in [-0.05, 0) is 57.7 Å². The van der Waals surface area contributed by atoms with Crippen molar-refractivity contribution < 1.29 is 13.9 Å². The number of ether oxygens (including phenoxy) is 1. The van der Waals surface area contributed by atoms with Crippen LogP contribution in [0.1, 0.15) is 40.0 Å². The Morgan fingerprint density at radius 1 is 1.39 bits per heavy atom. The van der Waals surface area contributed by atoms with Gasteiger partial charge >= 0.3 is 6.09 Å². The Morgan fingerprint density at radius 2 is 2.13 bits per heavy atom. The van der Waals surface area contributed by atoms with Gasteiger partial charge in [0.1, 0.15) is 11.4 Å². The molecule has 2 unspecified atom stereocenters. The molecule has 0 saturated heterocycles. The van der Waals surface area contributed by atoms with Crippen molar-refractivity contribution in [3.63, 3.8) is 0 Å². The van der Waals surface area contributed by atoms with Gasteiger partial charge < -0.3 is 15.4 Å². The highest BCUT2D eigenvalue weighted by Crippen LogP contribution is 2.29. The van der Waals surface area contributed by atoms with E-state index in [0.717, 1.165) is 19.3 Å². The molecule has 23 heavy (non-hydrogen) atoms. The number of amides is 1. The molecule has 128 valence electrons. The summed E-state index contributed by atoms with van der Waals surface area (Å²) in [7, 11) is 0. The van der Waals surface area contributed by atoms with Gasteiger partial charge in [0.25, 0.3) is 0 Å². The van der Waals surface area contributed by atoms with E-state index >= 15 is 0 Å². The molecule has 0 radical (unpaired) electrons. The summed E-state index contributed by atoms with van der Waals surface area (Å²) < 4.78 is 19.1. The Labute approximate surface area is 141 Å². The number of nitrogens with one attached hydrogen (secondary N) is 2. The predicted octanol–water partition coefficient (Wildman–Crippen LogP) is 4.58. The molecule has 2 N–H and O–H groups in total. The smallest absolute Gasteiger partial charge is 0.407 e. The van der Waals surface area contributed by atoms with E-state index in [1.54, 1.807) is 12.1 Å². The molecular formula is C17H24ClFN2O2. The molecule has 1 aliphatic rings. The van der Waals surface area contributed by atoms with Crippen molar-refractivity contribution in [1.82, 2.24) is 5.32 Å². The van der Waals surface area contributed by atoms with E-state index in [-0.39, 0.29) is 17.8 Å². The van der Waals surface area contributed by atoms with Gasteiger partial charge in [-0.1, -0.05) is 18.0 Å². The molecule has 1 amide bonds. The van der Waals surface area contributed by atoms with Crippen LogP contribution < -0.4 is 10.6 Å². The Hall–Kier alpha value is -1.49. The average Bonchev–Trinajstić information content (AvgIpc) is 2.85. The fourth-order valence-corrected chi connectivity index (χ4v) is 2.96. The molecule has 1 fully saturated rings. The van der Waals surface area contributed by atoms with Gasteiger partial charge in [-0.2, -0.15) is 0 Å². The first-order chi connectivity index (χ1) is 10.7. The lowest BCUT2D eigenvalue weighted by Crippen LogP contribution is -2.38. The van der Waals surface area contributed by atoms with Crippen LogP contribution in [0.15, 0.2) is 18.2 Å².